The lowest BCUT2D eigenvalue weighted by atomic mass is 10.2. The lowest BCUT2D eigenvalue weighted by Crippen LogP contribution is -2.23. The lowest BCUT2D eigenvalue weighted by molar-refractivity contribution is 0.486. The number of H-pyrrole nitrogens is 1. The van der Waals surface area contributed by atoms with Gasteiger partial charge in [-0.15, -0.1) is 0 Å². The van der Waals surface area contributed by atoms with Crippen LogP contribution in [0.5, 0.6) is 0 Å². The van der Waals surface area contributed by atoms with Crippen LogP contribution >= 0.6 is 11.8 Å². The third-order valence-corrected chi connectivity index (χ3v) is 3.61. The Morgan fingerprint density at radius 3 is 2.89 bits per heavy atom. The number of nitrogens with zero attached hydrogens (tertiary/aromatic N) is 1. The Morgan fingerprint density at radius 2 is 2.33 bits per heavy atom. The van der Waals surface area contributed by atoms with Gasteiger partial charge in [-0.05, 0) is 19.1 Å². The van der Waals surface area contributed by atoms with Crippen molar-refractivity contribution in [2.24, 2.45) is 5.73 Å². The molecule has 2 aromatic heterocycles. The van der Waals surface area contributed by atoms with Crippen molar-refractivity contribution in [2.45, 2.75) is 23.4 Å². The Balaban J connectivity index is 2.27. The molecule has 5 N–H and O–H groups in total. The molecule has 0 aliphatic carbocycles. The Bertz CT molecular complexity index is 565. The van der Waals surface area contributed by atoms with E-state index in [9.17, 15) is 4.79 Å². The van der Waals surface area contributed by atoms with Crippen LogP contribution in [-0.2, 0) is 0 Å². The summed E-state index contributed by atoms with van der Waals surface area (Å²) < 4.78 is 5.34. The number of hydrogen-bond donors (Lipinski definition) is 3. The number of nitrogens with one attached hydrogen (secondary N) is 1. The third kappa shape index (κ3) is 2.93. The van der Waals surface area contributed by atoms with Gasteiger partial charge >= 0.3 is 0 Å². The molecule has 0 saturated heterocycles. The second-order valence-corrected chi connectivity index (χ2v) is 5.02. The van der Waals surface area contributed by atoms with Crippen molar-refractivity contribution in [3.8, 4) is 0 Å². The van der Waals surface area contributed by atoms with Gasteiger partial charge in [0.1, 0.15) is 11.6 Å². The molecule has 0 saturated carbocycles. The molecule has 6 nitrogen and oxygen atoms in total. The van der Waals surface area contributed by atoms with E-state index in [2.05, 4.69) is 9.97 Å². The molecule has 0 aromatic carbocycles. The van der Waals surface area contributed by atoms with Gasteiger partial charge in [0, 0.05) is 12.1 Å². The van der Waals surface area contributed by atoms with Gasteiger partial charge in [0.2, 0.25) is 0 Å². The molecular weight excluding hydrogens is 252 g/mol. The molecule has 96 valence electrons. The zero-order valence-electron chi connectivity index (χ0n) is 9.79. The largest absolute Gasteiger partial charge is 0.468 e. The first-order chi connectivity index (χ1) is 8.56. The molecule has 2 aromatic rings. The summed E-state index contributed by atoms with van der Waals surface area (Å²) in [5, 5.41) is 0.295. The molecular formula is C11H14N4O2S. The number of hydrogen-bond acceptors (Lipinski definition) is 6. The van der Waals surface area contributed by atoms with Gasteiger partial charge in [0.05, 0.1) is 11.5 Å². The summed E-state index contributed by atoms with van der Waals surface area (Å²) in [5.41, 5.74) is 11.2. The molecule has 18 heavy (non-hydrogen) atoms. The quantitative estimate of drug-likeness (QED) is 0.565. The zero-order chi connectivity index (χ0) is 13.1. The predicted molar refractivity (Wildman–Crippen MR) is 70.2 cm³/mol. The number of furan rings is 1. The Kier molecular flexibility index (Phi) is 3.73. The summed E-state index contributed by atoms with van der Waals surface area (Å²) in [6.45, 7) is 1.87. The number of aromatic nitrogens is 2. The summed E-state index contributed by atoms with van der Waals surface area (Å²) in [4.78, 5) is 18.0. The minimum Gasteiger partial charge on any atom is -0.468 e. The van der Waals surface area contributed by atoms with E-state index in [0.29, 0.717) is 5.16 Å². The summed E-state index contributed by atoms with van der Waals surface area (Å²) in [7, 11) is 0. The van der Waals surface area contributed by atoms with Crippen molar-refractivity contribution in [3.05, 3.63) is 40.6 Å². The van der Waals surface area contributed by atoms with E-state index in [0.717, 1.165) is 5.76 Å². The molecule has 0 spiro atoms. The molecule has 2 rings (SSSR count). The van der Waals surface area contributed by atoms with E-state index in [1.54, 1.807) is 12.3 Å². The normalized spacial score (nSPS) is 14.3. The van der Waals surface area contributed by atoms with Crippen molar-refractivity contribution in [1.82, 2.24) is 9.97 Å². The van der Waals surface area contributed by atoms with Crippen molar-refractivity contribution >= 4 is 17.6 Å². The van der Waals surface area contributed by atoms with Crippen LogP contribution in [0.25, 0.3) is 0 Å². The first kappa shape index (κ1) is 12.7. The predicted octanol–water partition coefficient (Wildman–Crippen LogP) is 1.13. The molecule has 0 fully saturated rings. The molecule has 2 heterocycles. The standard InChI is InChI=1S/C11H14N4O2S/c1-6(12)10(7-3-2-4-17-7)18-11-14-8(13)5-9(16)15-11/h2-6,10H,12H2,1H3,(H3,13,14,15,16). The van der Waals surface area contributed by atoms with Crippen molar-refractivity contribution in [2.75, 3.05) is 5.73 Å². The van der Waals surface area contributed by atoms with E-state index in [-0.39, 0.29) is 22.7 Å². The van der Waals surface area contributed by atoms with Crippen LogP contribution in [0.4, 0.5) is 5.82 Å². The molecule has 7 heteroatoms. The Morgan fingerprint density at radius 1 is 1.56 bits per heavy atom. The number of anilines is 1. The maximum atomic E-state index is 11.3. The fourth-order valence-electron chi connectivity index (χ4n) is 1.51. The summed E-state index contributed by atoms with van der Waals surface area (Å²) in [6, 6.07) is 4.71. The van der Waals surface area contributed by atoms with E-state index in [4.69, 9.17) is 15.9 Å². The summed E-state index contributed by atoms with van der Waals surface area (Å²) in [5.74, 6) is 0.921. The topological polar surface area (TPSA) is 111 Å². The van der Waals surface area contributed by atoms with Crippen molar-refractivity contribution in [1.29, 1.82) is 0 Å². The summed E-state index contributed by atoms with van der Waals surface area (Å²) in [6.07, 6.45) is 1.58. The van der Waals surface area contributed by atoms with Gasteiger partial charge in [-0.1, -0.05) is 11.8 Å². The highest BCUT2D eigenvalue weighted by atomic mass is 32.2. The molecule has 0 bridgehead atoms. The highest BCUT2D eigenvalue weighted by Gasteiger charge is 2.21. The first-order valence-electron chi connectivity index (χ1n) is 5.39. The van der Waals surface area contributed by atoms with E-state index < -0.39 is 0 Å². The fraction of sp³-hybridized carbons (Fsp3) is 0.273. The first-order valence-corrected chi connectivity index (χ1v) is 6.26. The number of thioether (sulfide) groups is 1. The van der Waals surface area contributed by atoms with E-state index in [1.807, 2.05) is 13.0 Å². The monoisotopic (exact) mass is 266 g/mol. The van der Waals surface area contributed by atoms with Crippen LogP contribution < -0.4 is 17.0 Å². The SMILES string of the molecule is CC(N)C(Sc1nc(N)cc(=O)[nH]1)c1ccco1. The number of rotatable bonds is 4. The van der Waals surface area contributed by atoms with Gasteiger partial charge in [-0.25, -0.2) is 4.98 Å². The maximum absolute atomic E-state index is 11.3. The minimum atomic E-state index is -0.284. The minimum absolute atomic E-state index is 0.134. The molecule has 0 amide bonds. The van der Waals surface area contributed by atoms with Gasteiger partial charge in [-0.2, -0.15) is 0 Å². The Hall–Kier alpha value is -1.73. The van der Waals surface area contributed by atoms with Crippen LogP contribution in [0, 0.1) is 0 Å². The van der Waals surface area contributed by atoms with Crippen LogP contribution in [0.1, 0.15) is 17.9 Å². The van der Waals surface area contributed by atoms with E-state index in [1.165, 1.54) is 17.8 Å². The average molecular weight is 266 g/mol. The molecule has 2 unspecified atom stereocenters. The van der Waals surface area contributed by atoms with Crippen LogP contribution in [0.15, 0.2) is 38.8 Å². The lowest BCUT2D eigenvalue weighted by Gasteiger charge is -2.17. The maximum Gasteiger partial charge on any atom is 0.253 e. The summed E-state index contributed by atoms with van der Waals surface area (Å²) >= 11 is 1.32. The van der Waals surface area contributed by atoms with Crippen molar-refractivity contribution in [3.63, 3.8) is 0 Å². The average Bonchev–Trinajstić information content (AvgIpc) is 2.77. The number of nitrogens with two attached hydrogens (primary N) is 2. The highest BCUT2D eigenvalue weighted by molar-refractivity contribution is 7.99. The molecule has 0 radical (unpaired) electrons. The second kappa shape index (κ2) is 5.28. The van der Waals surface area contributed by atoms with Gasteiger partial charge in [0.25, 0.3) is 5.56 Å². The van der Waals surface area contributed by atoms with Crippen LogP contribution in [0.2, 0.25) is 0 Å². The molecule has 2 atom stereocenters. The molecule has 0 aliphatic rings. The second-order valence-electron chi connectivity index (χ2n) is 3.89. The Labute approximate surface area is 108 Å². The van der Waals surface area contributed by atoms with Crippen LogP contribution in [0.3, 0.4) is 0 Å². The van der Waals surface area contributed by atoms with Gasteiger partial charge in [-0.3, -0.25) is 4.79 Å². The van der Waals surface area contributed by atoms with Gasteiger partial charge in [0.15, 0.2) is 5.16 Å². The smallest absolute Gasteiger partial charge is 0.253 e. The van der Waals surface area contributed by atoms with Crippen molar-refractivity contribution < 1.29 is 4.42 Å². The highest BCUT2D eigenvalue weighted by Crippen LogP contribution is 2.35. The van der Waals surface area contributed by atoms with E-state index >= 15 is 0 Å². The van der Waals surface area contributed by atoms with Crippen LogP contribution in [-0.4, -0.2) is 16.0 Å². The number of aromatic amines is 1. The zero-order valence-corrected chi connectivity index (χ0v) is 10.6. The third-order valence-electron chi connectivity index (χ3n) is 2.28. The van der Waals surface area contributed by atoms with Gasteiger partial charge < -0.3 is 20.9 Å². The number of nitrogen functional groups attached to an aromatic ring is 1. The fourth-order valence-corrected chi connectivity index (χ4v) is 2.53. The molecule has 0 aliphatic heterocycles.